The Morgan fingerprint density at radius 1 is 1.25 bits per heavy atom. The third kappa shape index (κ3) is 1.78. The summed E-state index contributed by atoms with van der Waals surface area (Å²) in [7, 11) is 0. The van der Waals surface area contributed by atoms with Crippen LogP contribution in [0.25, 0.3) is 10.9 Å². The highest BCUT2D eigenvalue weighted by atomic mass is 35.5. The molecule has 0 amide bonds. The van der Waals surface area contributed by atoms with Crippen molar-refractivity contribution in [3.05, 3.63) is 34.9 Å². The summed E-state index contributed by atoms with van der Waals surface area (Å²) >= 11 is 5.80. The number of benzene rings is 1. The molecule has 0 spiro atoms. The van der Waals surface area contributed by atoms with E-state index in [-0.39, 0.29) is 21.7 Å². The minimum atomic E-state index is -4.47. The van der Waals surface area contributed by atoms with E-state index in [9.17, 15) is 13.2 Å². The zero-order valence-corrected chi connectivity index (χ0v) is 8.60. The SMILES string of the molecule is Nc1cc(Cl)c2cccc(C(F)(F)F)c2n1. The minimum Gasteiger partial charge on any atom is -0.384 e. The predicted octanol–water partition coefficient (Wildman–Crippen LogP) is 3.49. The van der Waals surface area contributed by atoms with Gasteiger partial charge >= 0.3 is 6.18 Å². The third-order valence-electron chi connectivity index (χ3n) is 2.11. The van der Waals surface area contributed by atoms with Gasteiger partial charge in [0.15, 0.2) is 0 Å². The van der Waals surface area contributed by atoms with Crippen molar-refractivity contribution in [3.8, 4) is 0 Å². The molecule has 16 heavy (non-hydrogen) atoms. The van der Waals surface area contributed by atoms with Crippen molar-refractivity contribution >= 4 is 28.3 Å². The molecule has 2 aromatic rings. The number of anilines is 1. The van der Waals surface area contributed by atoms with E-state index in [4.69, 9.17) is 17.3 Å². The average Bonchev–Trinajstić information content (AvgIpc) is 2.15. The van der Waals surface area contributed by atoms with Gasteiger partial charge in [0.1, 0.15) is 5.82 Å². The van der Waals surface area contributed by atoms with Gasteiger partial charge in [0, 0.05) is 5.39 Å². The van der Waals surface area contributed by atoms with Crippen LogP contribution in [0.4, 0.5) is 19.0 Å². The number of alkyl halides is 3. The largest absolute Gasteiger partial charge is 0.418 e. The van der Waals surface area contributed by atoms with Gasteiger partial charge in [-0.05, 0) is 12.1 Å². The fraction of sp³-hybridized carbons (Fsp3) is 0.100. The summed E-state index contributed by atoms with van der Waals surface area (Å²) in [5.41, 5.74) is 4.32. The first-order valence-electron chi connectivity index (χ1n) is 4.31. The van der Waals surface area contributed by atoms with E-state index in [1.165, 1.54) is 18.2 Å². The zero-order valence-electron chi connectivity index (χ0n) is 7.85. The number of nitrogens with two attached hydrogens (primary N) is 1. The first-order chi connectivity index (χ1) is 7.39. The fourth-order valence-electron chi connectivity index (χ4n) is 1.45. The molecule has 2 nitrogen and oxygen atoms in total. The molecule has 1 heterocycles. The Labute approximate surface area is 93.8 Å². The van der Waals surface area contributed by atoms with E-state index in [1.54, 1.807) is 0 Å². The number of rotatable bonds is 0. The summed E-state index contributed by atoms with van der Waals surface area (Å²) in [6, 6.07) is 5.03. The number of nitrogens with zero attached hydrogens (tertiary/aromatic N) is 1. The summed E-state index contributed by atoms with van der Waals surface area (Å²) < 4.78 is 38.0. The second-order valence-electron chi connectivity index (χ2n) is 3.23. The van der Waals surface area contributed by atoms with E-state index in [2.05, 4.69) is 4.98 Å². The molecular formula is C10H6ClF3N2. The van der Waals surface area contributed by atoms with Crippen molar-refractivity contribution in [2.75, 3.05) is 5.73 Å². The maximum atomic E-state index is 12.7. The van der Waals surface area contributed by atoms with Crippen LogP contribution in [0.1, 0.15) is 5.56 Å². The molecule has 1 aromatic heterocycles. The lowest BCUT2D eigenvalue weighted by Crippen LogP contribution is -2.07. The Kier molecular flexibility index (Phi) is 2.42. The van der Waals surface area contributed by atoms with Crippen molar-refractivity contribution in [2.24, 2.45) is 0 Å². The summed E-state index contributed by atoms with van der Waals surface area (Å²) in [5.74, 6) is -0.0331. The normalized spacial score (nSPS) is 12.0. The number of hydrogen-bond donors (Lipinski definition) is 1. The molecule has 0 unspecified atom stereocenters. The van der Waals surface area contributed by atoms with Crippen molar-refractivity contribution < 1.29 is 13.2 Å². The van der Waals surface area contributed by atoms with Crippen LogP contribution in [0.2, 0.25) is 5.02 Å². The van der Waals surface area contributed by atoms with Crippen LogP contribution in [0.15, 0.2) is 24.3 Å². The van der Waals surface area contributed by atoms with Gasteiger partial charge in [0.25, 0.3) is 0 Å². The van der Waals surface area contributed by atoms with Gasteiger partial charge < -0.3 is 5.73 Å². The van der Waals surface area contributed by atoms with Crippen LogP contribution in [0.5, 0.6) is 0 Å². The molecule has 2 rings (SSSR count). The topological polar surface area (TPSA) is 38.9 Å². The Morgan fingerprint density at radius 3 is 2.56 bits per heavy atom. The van der Waals surface area contributed by atoms with Gasteiger partial charge in [-0.1, -0.05) is 23.7 Å². The van der Waals surface area contributed by atoms with E-state index in [0.29, 0.717) is 0 Å². The highest BCUT2D eigenvalue weighted by Gasteiger charge is 2.33. The summed E-state index contributed by atoms with van der Waals surface area (Å²) in [5, 5.41) is 0.402. The van der Waals surface area contributed by atoms with Crippen LogP contribution >= 0.6 is 11.6 Å². The lowest BCUT2D eigenvalue weighted by Gasteiger charge is -2.10. The number of hydrogen-bond acceptors (Lipinski definition) is 2. The zero-order chi connectivity index (χ0) is 11.9. The molecule has 0 saturated heterocycles. The summed E-state index contributed by atoms with van der Waals surface area (Å²) in [4.78, 5) is 3.68. The molecule has 0 atom stereocenters. The first-order valence-corrected chi connectivity index (χ1v) is 4.69. The van der Waals surface area contributed by atoms with Crippen LogP contribution in [0.3, 0.4) is 0 Å². The molecule has 0 aliphatic heterocycles. The number of pyridine rings is 1. The first kappa shape index (κ1) is 11.0. The molecule has 0 saturated carbocycles. The van der Waals surface area contributed by atoms with Gasteiger partial charge in [-0.15, -0.1) is 0 Å². The molecule has 0 fully saturated rings. The predicted molar refractivity (Wildman–Crippen MR) is 56.2 cm³/mol. The maximum Gasteiger partial charge on any atom is 0.418 e. The second-order valence-corrected chi connectivity index (χ2v) is 3.64. The van der Waals surface area contributed by atoms with Crippen LogP contribution < -0.4 is 5.73 Å². The molecule has 0 bridgehead atoms. The highest BCUT2D eigenvalue weighted by molar-refractivity contribution is 6.35. The van der Waals surface area contributed by atoms with Crippen molar-refractivity contribution in [2.45, 2.75) is 6.18 Å². The van der Waals surface area contributed by atoms with E-state index < -0.39 is 11.7 Å². The Morgan fingerprint density at radius 2 is 1.94 bits per heavy atom. The maximum absolute atomic E-state index is 12.7. The summed E-state index contributed by atoms with van der Waals surface area (Å²) in [6.07, 6.45) is -4.47. The van der Waals surface area contributed by atoms with Gasteiger partial charge in [-0.25, -0.2) is 4.98 Å². The van der Waals surface area contributed by atoms with Crippen LogP contribution in [-0.4, -0.2) is 4.98 Å². The van der Waals surface area contributed by atoms with Gasteiger partial charge in [-0.3, -0.25) is 0 Å². The number of para-hydroxylation sites is 1. The minimum absolute atomic E-state index is 0.0331. The number of fused-ring (bicyclic) bond motifs is 1. The Hall–Kier alpha value is -1.49. The summed E-state index contributed by atoms with van der Waals surface area (Å²) in [6.45, 7) is 0. The quantitative estimate of drug-likeness (QED) is 0.773. The Bertz CT molecular complexity index is 551. The lowest BCUT2D eigenvalue weighted by molar-refractivity contribution is -0.136. The molecular weight excluding hydrogens is 241 g/mol. The van der Waals surface area contributed by atoms with E-state index in [1.807, 2.05) is 0 Å². The van der Waals surface area contributed by atoms with Gasteiger partial charge in [-0.2, -0.15) is 13.2 Å². The van der Waals surface area contributed by atoms with Gasteiger partial charge in [0.2, 0.25) is 0 Å². The molecule has 0 aliphatic carbocycles. The molecule has 6 heteroatoms. The lowest BCUT2D eigenvalue weighted by atomic mass is 10.1. The standard InChI is InChI=1S/C10H6ClF3N2/c11-7-4-8(15)16-9-5(7)2-1-3-6(9)10(12,13)14/h1-4H,(H2,15,16). The molecule has 0 aliphatic rings. The van der Waals surface area contributed by atoms with Crippen molar-refractivity contribution in [3.63, 3.8) is 0 Å². The number of halogens is 4. The molecule has 0 radical (unpaired) electrons. The smallest absolute Gasteiger partial charge is 0.384 e. The number of aromatic nitrogens is 1. The average molecular weight is 247 g/mol. The number of nitrogen functional groups attached to an aromatic ring is 1. The Balaban J connectivity index is 2.87. The highest BCUT2D eigenvalue weighted by Crippen LogP contribution is 2.36. The van der Waals surface area contributed by atoms with Crippen LogP contribution in [-0.2, 0) is 6.18 Å². The molecule has 1 aromatic carbocycles. The third-order valence-corrected chi connectivity index (χ3v) is 2.43. The van der Waals surface area contributed by atoms with Gasteiger partial charge in [0.05, 0.1) is 16.1 Å². The van der Waals surface area contributed by atoms with E-state index in [0.717, 1.165) is 6.07 Å². The van der Waals surface area contributed by atoms with Crippen LogP contribution in [0, 0.1) is 0 Å². The molecule has 2 N–H and O–H groups in total. The monoisotopic (exact) mass is 246 g/mol. The van der Waals surface area contributed by atoms with Crippen molar-refractivity contribution in [1.82, 2.24) is 4.98 Å². The molecule has 84 valence electrons. The van der Waals surface area contributed by atoms with E-state index >= 15 is 0 Å². The second kappa shape index (κ2) is 3.52. The fourth-order valence-corrected chi connectivity index (χ4v) is 1.72. The van der Waals surface area contributed by atoms with Crippen molar-refractivity contribution in [1.29, 1.82) is 0 Å².